The van der Waals surface area contributed by atoms with Gasteiger partial charge in [0.2, 0.25) is 0 Å². The van der Waals surface area contributed by atoms with Gasteiger partial charge < -0.3 is 0 Å². The summed E-state index contributed by atoms with van der Waals surface area (Å²) in [4.78, 5) is 0. The largest absolute Gasteiger partial charge is 0.252 e. The minimum atomic E-state index is -3.44. The van der Waals surface area contributed by atoms with Crippen LogP contribution in [0.3, 0.4) is 0 Å². The first-order valence-corrected chi connectivity index (χ1v) is 9.55. The Hall–Kier alpha value is -0.690. The molecule has 0 radical (unpaired) electrons. The van der Waals surface area contributed by atoms with Crippen LogP contribution in [0.4, 0.5) is 0 Å². The first-order valence-electron chi connectivity index (χ1n) is 6.50. The summed E-state index contributed by atoms with van der Waals surface area (Å²) in [5, 5.41) is 0. The Labute approximate surface area is 138 Å². The maximum atomic E-state index is 12.6. The lowest BCUT2D eigenvalue weighted by atomic mass is 10.1. The van der Waals surface area contributed by atoms with E-state index in [1.54, 1.807) is 13.1 Å². The molecule has 2 rings (SSSR count). The standard InChI is InChI=1S/C15H18BrNO2S2/c1-10-5-6-13(11(2)7-10)9-17(4)21(18,19)14-8-12(3)15(16)20-14/h5-8H,9H2,1-4H3. The van der Waals surface area contributed by atoms with Crippen LogP contribution in [0, 0.1) is 20.8 Å². The number of sulfonamides is 1. The quantitative estimate of drug-likeness (QED) is 0.785. The summed E-state index contributed by atoms with van der Waals surface area (Å²) in [5.74, 6) is 0. The molecule has 1 aromatic carbocycles. The normalized spacial score (nSPS) is 12.1. The van der Waals surface area contributed by atoms with E-state index >= 15 is 0 Å². The van der Waals surface area contributed by atoms with Gasteiger partial charge in [-0.1, -0.05) is 23.8 Å². The Morgan fingerprint density at radius 1 is 1.14 bits per heavy atom. The van der Waals surface area contributed by atoms with Gasteiger partial charge in [0.25, 0.3) is 10.0 Å². The fourth-order valence-corrected chi connectivity index (χ4v) is 5.65. The molecule has 0 amide bonds. The molecular weight excluding hydrogens is 370 g/mol. The lowest BCUT2D eigenvalue weighted by Gasteiger charge is -2.17. The molecule has 0 spiro atoms. The third-order valence-corrected chi connectivity index (χ3v) is 7.78. The number of halogens is 1. The summed E-state index contributed by atoms with van der Waals surface area (Å²) in [6.45, 7) is 6.31. The van der Waals surface area contributed by atoms with Crippen LogP contribution in [0.25, 0.3) is 0 Å². The molecule has 1 aromatic heterocycles. The number of rotatable bonds is 4. The van der Waals surface area contributed by atoms with Crippen LogP contribution in [0.1, 0.15) is 22.3 Å². The van der Waals surface area contributed by atoms with Gasteiger partial charge in [-0.2, -0.15) is 4.31 Å². The molecule has 0 fully saturated rings. The molecule has 3 nitrogen and oxygen atoms in total. The highest BCUT2D eigenvalue weighted by Crippen LogP contribution is 2.32. The summed E-state index contributed by atoms with van der Waals surface area (Å²) < 4.78 is 27.8. The molecule has 0 aliphatic carbocycles. The first kappa shape index (κ1) is 16.7. The highest BCUT2D eigenvalue weighted by Gasteiger charge is 2.24. The van der Waals surface area contributed by atoms with E-state index in [4.69, 9.17) is 0 Å². The molecule has 0 saturated carbocycles. The van der Waals surface area contributed by atoms with Crippen molar-refractivity contribution in [2.24, 2.45) is 0 Å². The molecule has 0 N–H and O–H groups in total. The first-order chi connectivity index (χ1) is 9.71. The number of thiophene rings is 1. The lowest BCUT2D eigenvalue weighted by molar-refractivity contribution is 0.467. The second kappa shape index (κ2) is 6.20. The molecule has 0 unspecified atom stereocenters. The average Bonchev–Trinajstić information content (AvgIpc) is 2.73. The van der Waals surface area contributed by atoms with Crippen LogP contribution in [0.5, 0.6) is 0 Å². The molecule has 6 heteroatoms. The van der Waals surface area contributed by atoms with E-state index in [9.17, 15) is 8.42 Å². The van der Waals surface area contributed by atoms with Crippen molar-refractivity contribution in [1.82, 2.24) is 4.31 Å². The van der Waals surface area contributed by atoms with E-state index in [1.165, 1.54) is 21.2 Å². The van der Waals surface area contributed by atoms with Gasteiger partial charge >= 0.3 is 0 Å². The van der Waals surface area contributed by atoms with Crippen molar-refractivity contribution in [3.63, 3.8) is 0 Å². The summed E-state index contributed by atoms with van der Waals surface area (Å²) in [7, 11) is -1.82. The van der Waals surface area contributed by atoms with Gasteiger partial charge in [0.1, 0.15) is 4.21 Å². The number of aryl methyl sites for hydroxylation is 3. The molecule has 0 aliphatic rings. The summed E-state index contributed by atoms with van der Waals surface area (Å²) in [6.07, 6.45) is 0. The number of benzene rings is 1. The van der Waals surface area contributed by atoms with E-state index in [0.717, 1.165) is 20.5 Å². The van der Waals surface area contributed by atoms with E-state index in [1.807, 2.05) is 32.9 Å². The molecule has 2 aromatic rings. The highest BCUT2D eigenvalue weighted by molar-refractivity contribution is 9.11. The van der Waals surface area contributed by atoms with Gasteiger partial charge in [0, 0.05) is 13.6 Å². The fourth-order valence-electron chi connectivity index (χ4n) is 2.06. The average molecular weight is 388 g/mol. The van der Waals surface area contributed by atoms with Crippen LogP contribution < -0.4 is 0 Å². The molecule has 0 bridgehead atoms. The van der Waals surface area contributed by atoms with Gasteiger partial charge in [-0.25, -0.2) is 8.42 Å². The molecule has 0 aliphatic heterocycles. The minimum Gasteiger partial charge on any atom is -0.206 e. The summed E-state index contributed by atoms with van der Waals surface area (Å²) >= 11 is 4.63. The van der Waals surface area contributed by atoms with Crippen molar-refractivity contribution in [3.8, 4) is 0 Å². The fraction of sp³-hybridized carbons (Fsp3) is 0.333. The molecule has 21 heavy (non-hydrogen) atoms. The van der Waals surface area contributed by atoms with Gasteiger partial charge in [-0.05, 0) is 59.5 Å². The van der Waals surface area contributed by atoms with Crippen molar-refractivity contribution in [3.05, 3.63) is 50.3 Å². The van der Waals surface area contributed by atoms with Crippen LogP contribution in [0.15, 0.2) is 32.3 Å². The maximum absolute atomic E-state index is 12.6. The number of hydrogen-bond donors (Lipinski definition) is 0. The Kier molecular flexibility index (Phi) is 4.92. The monoisotopic (exact) mass is 387 g/mol. The summed E-state index contributed by atoms with van der Waals surface area (Å²) in [6, 6.07) is 7.78. The van der Waals surface area contributed by atoms with Crippen LogP contribution in [0.2, 0.25) is 0 Å². The third kappa shape index (κ3) is 3.56. The SMILES string of the molecule is Cc1ccc(CN(C)S(=O)(=O)c2cc(C)c(Br)s2)c(C)c1. The number of hydrogen-bond acceptors (Lipinski definition) is 3. The van der Waals surface area contributed by atoms with Gasteiger partial charge in [0.15, 0.2) is 0 Å². The lowest BCUT2D eigenvalue weighted by Crippen LogP contribution is -2.26. The van der Waals surface area contributed by atoms with Crippen molar-refractivity contribution in [1.29, 1.82) is 0 Å². The second-order valence-electron chi connectivity index (χ2n) is 5.21. The van der Waals surface area contributed by atoms with E-state index in [0.29, 0.717) is 10.8 Å². The third-order valence-electron chi connectivity index (χ3n) is 3.39. The predicted octanol–water partition coefficient (Wildman–Crippen LogP) is 4.26. The topological polar surface area (TPSA) is 37.4 Å². The molecule has 114 valence electrons. The van der Waals surface area contributed by atoms with Gasteiger partial charge in [-0.15, -0.1) is 11.3 Å². The Morgan fingerprint density at radius 2 is 1.81 bits per heavy atom. The van der Waals surface area contributed by atoms with Crippen LogP contribution in [-0.4, -0.2) is 19.8 Å². The molecular formula is C15H18BrNO2S2. The van der Waals surface area contributed by atoms with E-state index < -0.39 is 10.0 Å². The zero-order valence-corrected chi connectivity index (χ0v) is 15.7. The zero-order valence-electron chi connectivity index (χ0n) is 12.5. The zero-order chi connectivity index (χ0) is 15.8. The van der Waals surface area contributed by atoms with Gasteiger partial charge in [0.05, 0.1) is 3.79 Å². The smallest absolute Gasteiger partial charge is 0.206 e. The van der Waals surface area contributed by atoms with Crippen molar-refractivity contribution in [2.45, 2.75) is 31.5 Å². The Bertz CT molecular complexity index is 746. The Balaban J connectivity index is 2.28. The number of nitrogens with zero attached hydrogens (tertiary/aromatic N) is 1. The van der Waals surface area contributed by atoms with Crippen molar-refractivity contribution < 1.29 is 8.42 Å². The molecule has 0 saturated heterocycles. The Morgan fingerprint density at radius 3 is 2.33 bits per heavy atom. The predicted molar refractivity (Wildman–Crippen MR) is 91.3 cm³/mol. The minimum absolute atomic E-state index is 0.374. The maximum Gasteiger partial charge on any atom is 0.252 e. The van der Waals surface area contributed by atoms with E-state index in [-0.39, 0.29) is 0 Å². The van der Waals surface area contributed by atoms with E-state index in [2.05, 4.69) is 22.0 Å². The van der Waals surface area contributed by atoms with Crippen LogP contribution >= 0.6 is 27.3 Å². The van der Waals surface area contributed by atoms with Crippen LogP contribution in [-0.2, 0) is 16.6 Å². The highest BCUT2D eigenvalue weighted by atomic mass is 79.9. The van der Waals surface area contributed by atoms with Crippen molar-refractivity contribution in [2.75, 3.05) is 7.05 Å². The van der Waals surface area contributed by atoms with Gasteiger partial charge in [-0.3, -0.25) is 0 Å². The summed E-state index contributed by atoms with van der Waals surface area (Å²) in [5.41, 5.74) is 4.26. The molecule has 1 heterocycles. The molecule has 0 atom stereocenters. The van der Waals surface area contributed by atoms with Crippen molar-refractivity contribution >= 4 is 37.3 Å². The second-order valence-corrected chi connectivity index (χ2v) is 9.85.